The molecule has 3 heteroatoms. The van der Waals surface area contributed by atoms with E-state index in [2.05, 4.69) is 0 Å². The number of aliphatic hydroxyl groups excluding tert-OH is 1. The predicted molar refractivity (Wildman–Crippen MR) is 73.8 cm³/mol. The molecule has 3 nitrogen and oxygen atoms in total. The maximum absolute atomic E-state index is 12.3. The molecule has 0 unspecified atom stereocenters. The van der Waals surface area contributed by atoms with Crippen LogP contribution < -0.4 is 0 Å². The lowest BCUT2D eigenvalue weighted by Crippen LogP contribution is -2.28. The van der Waals surface area contributed by atoms with E-state index in [4.69, 9.17) is 5.11 Å². The first-order chi connectivity index (χ1) is 8.57. The molecule has 0 aliphatic carbocycles. The van der Waals surface area contributed by atoms with Crippen molar-refractivity contribution in [3.8, 4) is 0 Å². The van der Waals surface area contributed by atoms with Gasteiger partial charge in [0.05, 0.1) is 0 Å². The fourth-order valence-electron chi connectivity index (χ4n) is 1.93. The molecule has 1 N–H and O–H groups in total. The molecule has 1 aromatic rings. The molecule has 0 bridgehead atoms. The van der Waals surface area contributed by atoms with Crippen molar-refractivity contribution >= 4 is 5.91 Å². The second kappa shape index (κ2) is 7.17. The molecule has 1 aromatic carbocycles. The van der Waals surface area contributed by atoms with Gasteiger partial charge in [-0.3, -0.25) is 4.79 Å². The molecule has 0 atom stereocenters. The summed E-state index contributed by atoms with van der Waals surface area (Å²) in [5.74, 6) is 0.0835. The molecule has 0 aliphatic rings. The molecule has 0 aromatic heterocycles. The minimum Gasteiger partial charge on any atom is -0.396 e. The molecule has 1 rings (SSSR count). The quantitative estimate of drug-likeness (QED) is 0.787. The van der Waals surface area contributed by atoms with E-state index in [9.17, 15) is 4.79 Å². The van der Waals surface area contributed by atoms with Gasteiger partial charge in [-0.25, -0.2) is 0 Å². The van der Waals surface area contributed by atoms with Crippen molar-refractivity contribution in [1.29, 1.82) is 0 Å². The molecule has 0 heterocycles. The Morgan fingerprint density at radius 3 is 2.61 bits per heavy atom. The number of rotatable bonds is 6. The lowest BCUT2D eigenvalue weighted by Gasteiger charge is -2.18. The minimum absolute atomic E-state index is 0.0835. The smallest absolute Gasteiger partial charge is 0.253 e. The second-order valence-electron chi connectivity index (χ2n) is 4.76. The van der Waals surface area contributed by atoms with E-state index in [1.807, 2.05) is 39.1 Å². The number of carbonyl (C=O) groups is 1. The number of aryl methyl sites for hydroxylation is 1. The fraction of sp³-hybridized carbons (Fsp3) is 0.533. The van der Waals surface area contributed by atoms with Crippen molar-refractivity contribution in [3.05, 3.63) is 34.9 Å². The second-order valence-corrected chi connectivity index (χ2v) is 4.76. The van der Waals surface area contributed by atoms with Crippen LogP contribution in [0.2, 0.25) is 0 Å². The Morgan fingerprint density at radius 1 is 1.22 bits per heavy atom. The lowest BCUT2D eigenvalue weighted by atomic mass is 10.0. The Morgan fingerprint density at radius 2 is 1.94 bits per heavy atom. The van der Waals surface area contributed by atoms with Gasteiger partial charge in [0.1, 0.15) is 0 Å². The molecule has 0 aliphatic heterocycles. The number of hydrogen-bond donors (Lipinski definition) is 1. The summed E-state index contributed by atoms with van der Waals surface area (Å²) in [7, 11) is 1.84. The normalized spacial score (nSPS) is 10.4. The zero-order valence-corrected chi connectivity index (χ0v) is 11.6. The van der Waals surface area contributed by atoms with Gasteiger partial charge < -0.3 is 10.0 Å². The molecular weight excluding hydrogens is 226 g/mol. The van der Waals surface area contributed by atoms with Crippen LogP contribution in [-0.4, -0.2) is 36.1 Å². The summed E-state index contributed by atoms with van der Waals surface area (Å²) in [4.78, 5) is 14.0. The van der Waals surface area contributed by atoms with E-state index in [0.29, 0.717) is 0 Å². The van der Waals surface area contributed by atoms with Gasteiger partial charge in [0.25, 0.3) is 5.91 Å². The average molecular weight is 249 g/mol. The van der Waals surface area contributed by atoms with Crippen molar-refractivity contribution in [2.24, 2.45) is 0 Å². The first-order valence-corrected chi connectivity index (χ1v) is 6.50. The Hall–Kier alpha value is -1.35. The standard InChI is InChI=1S/C15H23NO2/c1-12-8-7-9-14(13(12)2)15(18)16(3)10-5-4-6-11-17/h7-9,17H,4-6,10-11H2,1-3H3. The van der Waals surface area contributed by atoms with E-state index in [0.717, 1.165) is 42.5 Å². The van der Waals surface area contributed by atoms with E-state index in [-0.39, 0.29) is 12.5 Å². The third-order valence-corrected chi connectivity index (χ3v) is 3.33. The van der Waals surface area contributed by atoms with Gasteiger partial charge in [0.2, 0.25) is 0 Å². The van der Waals surface area contributed by atoms with Crippen molar-refractivity contribution in [2.75, 3.05) is 20.2 Å². The highest BCUT2D eigenvalue weighted by Crippen LogP contribution is 2.14. The molecule has 0 spiro atoms. The first kappa shape index (κ1) is 14.7. The first-order valence-electron chi connectivity index (χ1n) is 6.50. The van der Waals surface area contributed by atoms with Crippen molar-refractivity contribution in [1.82, 2.24) is 4.90 Å². The van der Waals surface area contributed by atoms with Gasteiger partial charge in [-0.1, -0.05) is 12.1 Å². The minimum atomic E-state index is 0.0835. The van der Waals surface area contributed by atoms with Crippen LogP contribution >= 0.6 is 0 Å². The maximum atomic E-state index is 12.3. The molecule has 0 saturated carbocycles. The monoisotopic (exact) mass is 249 g/mol. The van der Waals surface area contributed by atoms with E-state index in [1.165, 1.54) is 0 Å². The van der Waals surface area contributed by atoms with Crippen molar-refractivity contribution < 1.29 is 9.90 Å². The van der Waals surface area contributed by atoms with E-state index < -0.39 is 0 Å². The molecule has 0 fully saturated rings. The molecule has 0 radical (unpaired) electrons. The van der Waals surface area contributed by atoms with Crippen LogP contribution in [0.5, 0.6) is 0 Å². The Balaban J connectivity index is 2.60. The van der Waals surface area contributed by atoms with Gasteiger partial charge in [-0.15, -0.1) is 0 Å². The van der Waals surface area contributed by atoms with Crippen LogP contribution in [0.3, 0.4) is 0 Å². The number of hydrogen-bond acceptors (Lipinski definition) is 2. The predicted octanol–water partition coefficient (Wildman–Crippen LogP) is 2.54. The zero-order valence-electron chi connectivity index (χ0n) is 11.6. The van der Waals surface area contributed by atoms with Gasteiger partial charge in [-0.05, 0) is 50.3 Å². The van der Waals surface area contributed by atoms with Gasteiger partial charge in [-0.2, -0.15) is 0 Å². The highest BCUT2D eigenvalue weighted by atomic mass is 16.2. The third-order valence-electron chi connectivity index (χ3n) is 3.33. The number of carbonyl (C=O) groups excluding carboxylic acids is 1. The molecule has 18 heavy (non-hydrogen) atoms. The number of aliphatic hydroxyl groups is 1. The third kappa shape index (κ3) is 3.84. The summed E-state index contributed by atoms with van der Waals surface area (Å²) in [6.07, 6.45) is 2.71. The molecule has 0 saturated heterocycles. The number of unbranched alkanes of at least 4 members (excludes halogenated alkanes) is 2. The summed E-state index contributed by atoms with van der Waals surface area (Å²) in [5.41, 5.74) is 3.00. The topological polar surface area (TPSA) is 40.5 Å². The number of amides is 1. The summed E-state index contributed by atoms with van der Waals surface area (Å²) < 4.78 is 0. The van der Waals surface area contributed by atoms with Crippen LogP contribution in [0.15, 0.2) is 18.2 Å². The highest BCUT2D eigenvalue weighted by Gasteiger charge is 2.14. The Kier molecular flexibility index (Phi) is 5.86. The van der Waals surface area contributed by atoms with Crippen LogP contribution in [0.1, 0.15) is 40.7 Å². The van der Waals surface area contributed by atoms with Crippen molar-refractivity contribution in [2.45, 2.75) is 33.1 Å². The Labute approximate surface area is 109 Å². The summed E-state index contributed by atoms with van der Waals surface area (Å²) in [5, 5.41) is 8.71. The summed E-state index contributed by atoms with van der Waals surface area (Å²) in [6.45, 7) is 4.98. The van der Waals surface area contributed by atoms with Gasteiger partial charge >= 0.3 is 0 Å². The maximum Gasteiger partial charge on any atom is 0.253 e. The van der Waals surface area contributed by atoms with Gasteiger partial charge in [0, 0.05) is 25.8 Å². The van der Waals surface area contributed by atoms with Crippen LogP contribution in [-0.2, 0) is 0 Å². The molecule has 100 valence electrons. The number of benzene rings is 1. The molecule has 1 amide bonds. The van der Waals surface area contributed by atoms with Gasteiger partial charge in [0.15, 0.2) is 0 Å². The number of nitrogens with zero attached hydrogens (tertiary/aromatic N) is 1. The van der Waals surface area contributed by atoms with Crippen molar-refractivity contribution in [3.63, 3.8) is 0 Å². The largest absolute Gasteiger partial charge is 0.396 e. The van der Waals surface area contributed by atoms with Crippen LogP contribution in [0, 0.1) is 13.8 Å². The van der Waals surface area contributed by atoms with Crippen LogP contribution in [0.25, 0.3) is 0 Å². The average Bonchev–Trinajstić information content (AvgIpc) is 2.37. The lowest BCUT2D eigenvalue weighted by molar-refractivity contribution is 0.0791. The SMILES string of the molecule is Cc1cccc(C(=O)N(C)CCCCCO)c1C. The van der Waals surface area contributed by atoms with E-state index in [1.54, 1.807) is 4.90 Å². The molecular formula is C15H23NO2. The summed E-state index contributed by atoms with van der Waals surface area (Å²) >= 11 is 0. The van der Waals surface area contributed by atoms with E-state index >= 15 is 0 Å². The fourth-order valence-corrected chi connectivity index (χ4v) is 1.93. The highest BCUT2D eigenvalue weighted by molar-refractivity contribution is 5.95. The van der Waals surface area contributed by atoms with Crippen LogP contribution in [0.4, 0.5) is 0 Å². The summed E-state index contributed by atoms with van der Waals surface area (Å²) in [6, 6.07) is 5.83. The Bertz CT molecular complexity index is 401. The zero-order chi connectivity index (χ0) is 13.5.